The fourth-order valence-corrected chi connectivity index (χ4v) is 3.72. The van der Waals surface area contributed by atoms with Gasteiger partial charge >= 0.3 is 0 Å². The molecule has 2 heterocycles. The lowest BCUT2D eigenvalue weighted by atomic mass is 10.0. The van der Waals surface area contributed by atoms with E-state index in [0.29, 0.717) is 15.6 Å². The van der Waals surface area contributed by atoms with Crippen molar-refractivity contribution in [3.63, 3.8) is 0 Å². The van der Waals surface area contributed by atoms with E-state index in [2.05, 4.69) is 0 Å². The molecule has 2 fully saturated rings. The van der Waals surface area contributed by atoms with E-state index in [1.54, 1.807) is 36.4 Å². The first-order valence-corrected chi connectivity index (χ1v) is 9.68. The van der Waals surface area contributed by atoms with Gasteiger partial charge in [0.2, 0.25) is 0 Å². The first-order valence-electron chi connectivity index (χ1n) is 8.92. The van der Waals surface area contributed by atoms with Crippen molar-refractivity contribution in [2.75, 3.05) is 13.2 Å². The molecular formula is C20H20Cl2O6. The van der Waals surface area contributed by atoms with Gasteiger partial charge in [0.25, 0.3) is 0 Å². The standard InChI is InChI=1S/C20H20Cl2O6/c21-13-5-1-3-11(7-13)19-25-9-15(23)17(24)18-16(27-19)10-26-20(28-18)12-4-2-6-14(22)8-12/h1-8,15-20,23-24H,9-10H2/t15-,16+,17-,18-,19?,20?/m0/s1. The van der Waals surface area contributed by atoms with Crippen LogP contribution in [0.25, 0.3) is 0 Å². The predicted octanol–water partition coefficient (Wildman–Crippen LogP) is 3.24. The number of benzene rings is 2. The van der Waals surface area contributed by atoms with E-state index in [9.17, 15) is 10.2 Å². The average Bonchev–Trinajstić information content (AvgIpc) is 2.69. The van der Waals surface area contributed by atoms with Crippen molar-refractivity contribution in [1.82, 2.24) is 0 Å². The molecule has 150 valence electrons. The highest BCUT2D eigenvalue weighted by Crippen LogP contribution is 2.35. The molecule has 0 aliphatic carbocycles. The van der Waals surface area contributed by atoms with Gasteiger partial charge in [-0.2, -0.15) is 0 Å². The first kappa shape index (κ1) is 20.1. The van der Waals surface area contributed by atoms with Gasteiger partial charge in [0.05, 0.1) is 13.2 Å². The molecule has 2 unspecified atom stereocenters. The van der Waals surface area contributed by atoms with Gasteiger partial charge in [-0.05, 0) is 24.3 Å². The van der Waals surface area contributed by atoms with Gasteiger partial charge in [-0.3, -0.25) is 0 Å². The van der Waals surface area contributed by atoms with E-state index < -0.39 is 37.0 Å². The molecule has 4 rings (SSSR count). The summed E-state index contributed by atoms with van der Waals surface area (Å²) >= 11 is 12.1. The molecule has 28 heavy (non-hydrogen) atoms. The number of aliphatic hydroxyl groups is 2. The Morgan fingerprint density at radius 3 is 1.96 bits per heavy atom. The maximum Gasteiger partial charge on any atom is 0.184 e. The van der Waals surface area contributed by atoms with Crippen LogP contribution in [0.15, 0.2) is 48.5 Å². The molecule has 2 N–H and O–H groups in total. The minimum Gasteiger partial charge on any atom is -0.388 e. The fourth-order valence-electron chi connectivity index (χ4n) is 3.32. The number of halogens is 2. The molecule has 2 aromatic rings. The Bertz CT molecular complexity index is 819. The number of hydrogen-bond acceptors (Lipinski definition) is 6. The zero-order valence-electron chi connectivity index (χ0n) is 14.8. The molecule has 2 saturated heterocycles. The summed E-state index contributed by atoms with van der Waals surface area (Å²) < 4.78 is 23.5. The smallest absolute Gasteiger partial charge is 0.184 e. The van der Waals surface area contributed by atoms with Gasteiger partial charge < -0.3 is 29.2 Å². The van der Waals surface area contributed by atoms with E-state index in [-0.39, 0.29) is 13.2 Å². The summed E-state index contributed by atoms with van der Waals surface area (Å²) in [5.41, 5.74) is 1.42. The van der Waals surface area contributed by atoms with Crippen LogP contribution >= 0.6 is 23.2 Å². The maximum absolute atomic E-state index is 10.6. The zero-order valence-corrected chi connectivity index (χ0v) is 16.3. The van der Waals surface area contributed by atoms with Gasteiger partial charge in [-0.1, -0.05) is 47.5 Å². The quantitative estimate of drug-likeness (QED) is 0.767. The van der Waals surface area contributed by atoms with Crippen LogP contribution in [0.4, 0.5) is 0 Å². The Morgan fingerprint density at radius 2 is 1.36 bits per heavy atom. The number of ether oxygens (including phenoxy) is 4. The van der Waals surface area contributed by atoms with Crippen molar-refractivity contribution < 1.29 is 29.2 Å². The largest absolute Gasteiger partial charge is 0.388 e. The summed E-state index contributed by atoms with van der Waals surface area (Å²) in [6, 6.07) is 14.2. The van der Waals surface area contributed by atoms with E-state index in [4.69, 9.17) is 42.1 Å². The summed E-state index contributed by atoms with van der Waals surface area (Å²) in [4.78, 5) is 0. The molecule has 0 saturated carbocycles. The van der Waals surface area contributed by atoms with Crippen molar-refractivity contribution in [2.24, 2.45) is 0 Å². The second-order valence-electron chi connectivity index (χ2n) is 6.77. The zero-order chi connectivity index (χ0) is 19.7. The summed E-state index contributed by atoms with van der Waals surface area (Å²) in [7, 11) is 0. The lowest BCUT2D eigenvalue weighted by Crippen LogP contribution is -2.55. The van der Waals surface area contributed by atoms with E-state index >= 15 is 0 Å². The van der Waals surface area contributed by atoms with Gasteiger partial charge in [-0.15, -0.1) is 0 Å². The van der Waals surface area contributed by atoms with E-state index in [1.807, 2.05) is 12.1 Å². The number of fused-ring (bicyclic) bond motifs is 1. The summed E-state index contributed by atoms with van der Waals surface area (Å²) in [5, 5.41) is 22.0. The highest BCUT2D eigenvalue weighted by atomic mass is 35.5. The minimum atomic E-state index is -1.20. The maximum atomic E-state index is 10.6. The molecule has 0 aromatic heterocycles. The van der Waals surface area contributed by atoms with Crippen molar-refractivity contribution in [3.05, 3.63) is 69.7 Å². The third kappa shape index (κ3) is 4.35. The van der Waals surface area contributed by atoms with E-state index in [0.717, 1.165) is 5.56 Å². The Kier molecular flexibility index (Phi) is 6.20. The van der Waals surface area contributed by atoms with E-state index in [1.165, 1.54) is 0 Å². The van der Waals surface area contributed by atoms with Crippen LogP contribution in [0.2, 0.25) is 10.0 Å². The summed E-state index contributed by atoms with van der Waals surface area (Å²) in [6.07, 6.45) is -5.30. The van der Waals surface area contributed by atoms with Gasteiger partial charge in [0.15, 0.2) is 12.6 Å². The fraction of sp³-hybridized carbons (Fsp3) is 0.400. The Labute approximate surface area is 172 Å². The number of rotatable bonds is 2. The van der Waals surface area contributed by atoms with Crippen molar-refractivity contribution in [3.8, 4) is 0 Å². The molecule has 0 radical (unpaired) electrons. The first-order chi connectivity index (χ1) is 13.5. The molecule has 2 aliphatic rings. The molecule has 2 aromatic carbocycles. The van der Waals surface area contributed by atoms with Crippen molar-refractivity contribution in [2.45, 2.75) is 37.0 Å². The Morgan fingerprint density at radius 1 is 0.786 bits per heavy atom. The third-order valence-electron chi connectivity index (χ3n) is 4.75. The second-order valence-corrected chi connectivity index (χ2v) is 7.65. The molecule has 8 heteroatoms. The van der Waals surface area contributed by atoms with Crippen LogP contribution in [0.1, 0.15) is 23.7 Å². The average molecular weight is 427 g/mol. The molecule has 2 aliphatic heterocycles. The molecule has 0 amide bonds. The number of aliphatic hydroxyl groups excluding tert-OH is 2. The number of hydrogen-bond donors (Lipinski definition) is 2. The normalized spacial score (nSPS) is 33.6. The predicted molar refractivity (Wildman–Crippen MR) is 102 cm³/mol. The highest BCUT2D eigenvalue weighted by molar-refractivity contribution is 6.30. The third-order valence-corrected chi connectivity index (χ3v) is 5.22. The minimum absolute atomic E-state index is 0.117. The Hall–Kier alpha value is -1.22. The second kappa shape index (κ2) is 8.65. The van der Waals surface area contributed by atoms with Gasteiger partial charge in [-0.25, -0.2) is 0 Å². The van der Waals surface area contributed by atoms with Gasteiger partial charge in [0, 0.05) is 21.2 Å². The Balaban J connectivity index is 1.56. The van der Waals surface area contributed by atoms with Crippen LogP contribution in [0.3, 0.4) is 0 Å². The molecular weight excluding hydrogens is 407 g/mol. The summed E-state index contributed by atoms with van der Waals surface area (Å²) in [5.74, 6) is 0. The van der Waals surface area contributed by atoms with Crippen molar-refractivity contribution >= 4 is 23.2 Å². The van der Waals surface area contributed by atoms with Crippen molar-refractivity contribution in [1.29, 1.82) is 0 Å². The van der Waals surface area contributed by atoms with Gasteiger partial charge in [0.1, 0.15) is 24.4 Å². The monoisotopic (exact) mass is 426 g/mol. The molecule has 6 nitrogen and oxygen atoms in total. The highest BCUT2D eigenvalue weighted by Gasteiger charge is 2.44. The lowest BCUT2D eigenvalue weighted by molar-refractivity contribution is -0.332. The van der Waals surface area contributed by atoms with Crippen LogP contribution < -0.4 is 0 Å². The lowest BCUT2D eigenvalue weighted by Gasteiger charge is -2.42. The van der Waals surface area contributed by atoms with Crippen LogP contribution in [-0.4, -0.2) is 47.8 Å². The molecule has 6 atom stereocenters. The molecule has 0 spiro atoms. The topological polar surface area (TPSA) is 77.4 Å². The SMILES string of the molecule is O[C@@H]1[C@H]2OC(c3cccc(Cl)c3)OC[C@H]2OC(c2cccc(Cl)c2)OC[C@@H]1O. The van der Waals surface area contributed by atoms with Crippen LogP contribution in [0, 0.1) is 0 Å². The van der Waals surface area contributed by atoms with Crippen LogP contribution in [-0.2, 0) is 18.9 Å². The van der Waals surface area contributed by atoms with Crippen LogP contribution in [0.5, 0.6) is 0 Å². The summed E-state index contributed by atoms with van der Waals surface area (Å²) in [6.45, 7) is 0.0274. The molecule has 0 bridgehead atoms.